The van der Waals surface area contributed by atoms with Crippen LogP contribution >= 0.6 is 15.9 Å². The molecule has 0 spiro atoms. The monoisotopic (exact) mass is 312 g/mol. The van der Waals surface area contributed by atoms with Crippen LogP contribution in [0.4, 0.5) is 0 Å². The molecule has 1 fully saturated rings. The number of piperidine rings is 1. The van der Waals surface area contributed by atoms with Gasteiger partial charge in [0.25, 0.3) is 0 Å². The first kappa shape index (κ1) is 13.0. The van der Waals surface area contributed by atoms with Gasteiger partial charge in [0, 0.05) is 36.4 Å². The van der Waals surface area contributed by atoms with Crippen molar-refractivity contribution in [2.45, 2.75) is 19.4 Å². The van der Waals surface area contributed by atoms with E-state index in [0.29, 0.717) is 19.4 Å². The number of halogens is 1. The van der Waals surface area contributed by atoms with E-state index in [0.717, 1.165) is 10.0 Å². The topological polar surface area (TPSA) is 70.5 Å². The van der Waals surface area contributed by atoms with Crippen molar-refractivity contribution in [3.05, 3.63) is 28.5 Å². The van der Waals surface area contributed by atoms with E-state index >= 15 is 0 Å². The molecule has 5 nitrogen and oxygen atoms in total. The molecule has 0 radical (unpaired) electrons. The van der Waals surface area contributed by atoms with Crippen molar-refractivity contribution in [1.82, 2.24) is 9.88 Å². The number of pyridine rings is 1. The first-order valence-electron chi connectivity index (χ1n) is 5.66. The molecule has 0 aliphatic carbocycles. The molecule has 1 saturated heterocycles. The average Bonchev–Trinajstić information content (AvgIpc) is 2.31. The van der Waals surface area contributed by atoms with Gasteiger partial charge in [-0.2, -0.15) is 0 Å². The number of rotatable bonds is 3. The van der Waals surface area contributed by atoms with Crippen LogP contribution in [0.3, 0.4) is 0 Å². The lowest BCUT2D eigenvalue weighted by Crippen LogP contribution is -2.42. The number of hydrogen-bond donors (Lipinski definition) is 1. The number of carboxylic acids is 1. The Kier molecular flexibility index (Phi) is 3.96. The molecule has 1 unspecified atom stereocenters. The van der Waals surface area contributed by atoms with Gasteiger partial charge < -0.3 is 10.0 Å². The van der Waals surface area contributed by atoms with Crippen LogP contribution in [0.2, 0.25) is 0 Å². The summed E-state index contributed by atoms with van der Waals surface area (Å²) in [5.41, 5.74) is 0.892. The normalized spacial score (nSPS) is 19.9. The Morgan fingerprint density at radius 2 is 2.33 bits per heavy atom. The van der Waals surface area contributed by atoms with Crippen LogP contribution in [0, 0.1) is 5.92 Å². The Morgan fingerprint density at radius 1 is 1.56 bits per heavy atom. The van der Waals surface area contributed by atoms with Crippen LogP contribution in [0.25, 0.3) is 0 Å². The summed E-state index contributed by atoms with van der Waals surface area (Å²) in [6, 6.07) is 1.88. The molecule has 1 amide bonds. The largest absolute Gasteiger partial charge is 0.481 e. The third-order valence-corrected chi connectivity index (χ3v) is 3.42. The lowest BCUT2D eigenvalue weighted by Gasteiger charge is -2.30. The van der Waals surface area contributed by atoms with Gasteiger partial charge in [0.05, 0.1) is 5.92 Å². The van der Waals surface area contributed by atoms with E-state index in [4.69, 9.17) is 5.11 Å². The second-order valence-electron chi connectivity index (χ2n) is 4.36. The standard InChI is InChI=1S/C12H13BrN2O3/c13-10-3-8(4-14-5-10)6-15-7-9(12(17)18)1-2-11(15)16/h3-5,9H,1-2,6-7H2,(H,17,18). The quantitative estimate of drug-likeness (QED) is 0.921. The summed E-state index contributed by atoms with van der Waals surface area (Å²) >= 11 is 3.32. The molecule has 1 aromatic rings. The maximum atomic E-state index is 11.8. The SMILES string of the molecule is O=C(O)C1CCC(=O)N(Cc2cncc(Br)c2)C1. The number of hydrogen-bond acceptors (Lipinski definition) is 3. The van der Waals surface area contributed by atoms with Crippen molar-refractivity contribution < 1.29 is 14.7 Å². The van der Waals surface area contributed by atoms with E-state index in [2.05, 4.69) is 20.9 Å². The van der Waals surface area contributed by atoms with Gasteiger partial charge in [-0.15, -0.1) is 0 Å². The van der Waals surface area contributed by atoms with Gasteiger partial charge in [-0.1, -0.05) is 0 Å². The molecule has 18 heavy (non-hydrogen) atoms. The molecule has 1 aliphatic rings. The second kappa shape index (κ2) is 5.48. The summed E-state index contributed by atoms with van der Waals surface area (Å²) in [7, 11) is 0. The van der Waals surface area contributed by atoms with Gasteiger partial charge in [0.1, 0.15) is 0 Å². The Morgan fingerprint density at radius 3 is 3.00 bits per heavy atom. The van der Waals surface area contributed by atoms with E-state index in [1.807, 2.05) is 6.07 Å². The van der Waals surface area contributed by atoms with Gasteiger partial charge in [-0.3, -0.25) is 14.6 Å². The molecule has 2 heterocycles. The summed E-state index contributed by atoms with van der Waals surface area (Å²) in [5.74, 6) is -1.28. The maximum absolute atomic E-state index is 11.8. The number of carbonyl (C=O) groups is 2. The fraction of sp³-hybridized carbons (Fsp3) is 0.417. The van der Waals surface area contributed by atoms with Gasteiger partial charge in [-0.25, -0.2) is 0 Å². The van der Waals surface area contributed by atoms with Crippen LogP contribution in [0.1, 0.15) is 18.4 Å². The van der Waals surface area contributed by atoms with Crippen LogP contribution in [-0.2, 0) is 16.1 Å². The third kappa shape index (κ3) is 3.07. The fourth-order valence-corrected chi connectivity index (χ4v) is 2.44. The zero-order chi connectivity index (χ0) is 13.1. The molecule has 2 rings (SSSR count). The predicted molar refractivity (Wildman–Crippen MR) is 67.7 cm³/mol. The van der Waals surface area contributed by atoms with E-state index in [9.17, 15) is 9.59 Å². The van der Waals surface area contributed by atoms with Crippen LogP contribution < -0.4 is 0 Å². The number of likely N-dealkylation sites (tertiary alicyclic amines) is 1. The summed E-state index contributed by atoms with van der Waals surface area (Å²) in [6.45, 7) is 0.690. The molecule has 1 aromatic heterocycles. The average molecular weight is 313 g/mol. The highest BCUT2D eigenvalue weighted by atomic mass is 79.9. The highest BCUT2D eigenvalue weighted by Crippen LogP contribution is 2.20. The Balaban J connectivity index is 2.07. The van der Waals surface area contributed by atoms with Crippen LogP contribution in [0.15, 0.2) is 22.9 Å². The van der Waals surface area contributed by atoms with Crippen LogP contribution in [-0.4, -0.2) is 33.4 Å². The molecular weight excluding hydrogens is 300 g/mol. The minimum Gasteiger partial charge on any atom is -0.481 e. The smallest absolute Gasteiger partial charge is 0.308 e. The summed E-state index contributed by atoms with van der Waals surface area (Å²) < 4.78 is 0.847. The predicted octanol–water partition coefficient (Wildman–Crippen LogP) is 1.67. The molecule has 1 N–H and O–H groups in total. The maximum Gasteiger partial charge on any atom is 0.308 e. The van der Waals surface area contributed by atoms with Crippen molar-refractivity contribution in [1.29, 1.82) is 0 Å². The molecule has 0 saturated carbocycles. The van der Waals surface area contributed by atoms with E-state index in [-0.39, 0.29) is 12.5 Å². The van der Waals surface area contributed by atoms with Gasteiger partial charge in [0.15, 0.2) is 0 Å². The zero-order valence-electron chi connectivity index (χ0n) is 9.67. The van der Waals surface area contributed by atoms with E-state index in [1.165, 1.54) is 0 Å². The number of nitrogens with zero attached hydrogens (tertiary/aromatic N) is 2. The molecule has 96 valence electrons. The van der Waals surface area contributed by atoms with Crippen LogP contribution in [0.5, 0.6) is 0 Å². The van der Waals surface area contributed by atoms with Crippen molar-refractivity contribution in [3.63, 3.8) is 0 Å². The number of carbonyl (C=O) groups excluding carboxylic acids is 1. The molecule has 6 heteroatoms. The molecular formula is C12H13BrN2O3. The van der Waals surface area contributed by atoms with Crippen molar-refractivity contribution in [2.75, 3.05) is 6.54 Å². The lowest BCUT2D eigenvalue weighted by atomic mass is 9.97. The summed E-state index contributed by atoms with van der Waals surface area (Å²) in [4.78, 5) is 28.3. The molecule has 0 bridgehead atoms. The minimum absolute atomic E-state index is 0.00692. The fourth-order valence-electron chi connectivity index (χ4n) is 2.03. The van der Waals surface area contributed by atoms with Gasteiger partial charge >= 0.3 is 5.97 Å². The summed E-state index contributed by atoms with van der Waals surface area (Å²) in [6.07, 6.45) is 4.09. The summed E-state index contributed by atoms with van der Waals surface area (Å²) in [5, 5.41) is 8.99. The van der Waals surface area contributed by atoms with E-state index in [1.54, 1.807) is 17.3 Å². The zero-order valence-corrected chi connectivity index (χ0v) is 11.3. The Hall–Kier alpha value is -1.43. The first-order chi connectivity index (χ1) is 8.56. The molecule has 0 aromatic carbocycles. The Labute approximate surface area is 113 Å². The van der Waals surface area contributed by atoms with Gasteiger partial charge in [0.2, 0.25) is 5.91 Å². The number of aromatic nitrogens is 1. The van der Waals surface area contributed by atoms with E-state index < -0.39 is 11.9 Å². The van der Waals surface area contributed by atoms with Crippen molar-refractivity contribution in [2.24, 2.45) is 5.92 Å². The number of amides is 1. The number of aliphatic carboxylic acids is 1. The first-order valence-corrected chi connectivity index (χ1v) is 6.45. The Bertz CT molecular complexity index is 478. The van der Waals surface area contributed by atoms with Crippen molar-refractivity contribution >= 4 is 27.8 Å². The third-order valence-electron chi connectivity index (χ3n) is 2.98. The minimum atomic E-state index is -0.833. The molecule has 1 aliphatic heterocycles. The highest BCUT2D eigenvalue weighted by molar-refractivity contribution is 9.10. The lowest BCUT2D eigenvalue weighted by molar-refractivity contribution is -0.147. The highest BCUT2D eigenvalue weighted by Gasteiger charge is 2.29. The van der Waals surface area contributed by atoms with Crippen molar-refractivity contribution in [3.8, 4) is 0 Å². The molecule has 1 atom stereocenters. The number of carboxylic acid groups (broad SMARTS) is 1. The second-order valence-corrected chi connectivity index (χ2v) is 5.28. The van der Waals surface area contributed by atoms with Gasteiger partial charge in [-0.05, 0) is 34.0 Å².